The number of amides is 1. The summed E-state index contributed by atoms with van der Waals surface area (Å²) in [5.41, 5.74) is 1.06. The van der Waals surface area contributed by atoms with Crippen molar-refractivity contribution in [3.8, 4) is 23.0 Å². The van der Waals surface area contributed by atoms with Gasteiger partial charge in [-0.2, -0.15) is 15.4 Å². The maximum absolute atomic E-state index is 16.5. The van der Waals surface area contributed by atoms with Crippen molar-refractivity contribution in [3.05, 3.63) is 88.1 Å². The van der Waals surface area contributed by atoms with Crippen molar-refractivity contribution in [2.75, 3.05) is 18.0 Å². The first-order valence-corrected chi connectivity index (χ1v) is 16.0. The van der Waals surface area contributed by atoms with Crippen LogP contribution in [0.3, 0.4) is 0 Å². The van der Waals surface area contributed by atoms with Gasteiger partial charge in [0.1, 0.15) is 23.1 Å². The largest absolute Gasteiger partial charge is 0.355 e. The molecule has 12 nitrogen and oxygen atoms in total. The van der Waals surface area contributed by atoms with E-state index in [-0.39, 0.29) is 78.3 Å². The molecule has 3 aromatic heterocycles. The lowest BCUT2D eigenvalue weighted by atomic mass is 9.98. The van der Waals surface area contributed by atoms with Gasteiger partial charge in [-0.3, -0.25) is 9.78 Å². The molecule has 1 fully saturated rings. The van der Waals surface area contributed by atoms with Crippen LogP contribution in [-0.4, -0.2) is 67.5 Å². The number of fused-ring (bicyclic) bond motifs is 6. The Kier molecular flexibility index (Phi) is 8.06. The average Bonchev–Trinajstić information content (AvgIpc) is 3.51. The van der Waals surface area contributed by atoms with Gasteiger partial charge in [-0.15, -0.1) is 5.11 Å². The van der Waals surface area contributed by atoms with Gasteiger partial charge in [0.25, 0.3) is 0 Å². The number of aromatic nitrogens is 4. The molecule has 3 unspecified atom stereocenters. The molecule has 0 aliphatic carbocycles. The number of benzene rings is 1. The first-order valence-electron chi connectivity index (χ1n) is 16.0. The lowest BCUT2D eigenvalue weighted by Crippen LogP contribution is -2.59. The molecule has 4 aromatic rings. The van der Waals surface area contributed by atoms with E-state index in [9.17, 15) is 14.9 Å². The van der Waals surface area contributed by atoms with E-state index >= 15 is 8.78 Å². The van der Waals surface area contributed by atoms with Crippen LogP contribution < -0.4 is 10.6 Å². The van der Waals surface area contributed by atoms with Crippen LogP contribution in [0.5, 0.6) is 0 Å². The van der Waals surface area contributed by atoms with Crippen molar-refractivity contribution in [3.63, 3.8) is 0 Å². The molecule has 6 heterocycles. The van der Waals surface area contributed by atoms with E-state index in [1.165, 1.54) is 28.8 Å². The van der Waals surface area contributed by atoms with E-state index in [4.69, 9.17) is 4.98 Å². The van der Waals surface area contributed by atoms with Gasteiger partial charge < -0.3 is 9.80 Å². The molecule has 3 atom stereocenters. The summed E-state index contributed by atoms with van der Waals surface area (Å²) >= 11 is 0. The number of azo groups is 1. The standard InChI is InChI=1S/C35H32F2N10O2/c1-5-28(48)46-16-19(4)45(17-22(46)9-11-38)33-23-15-25(37)31-29-20(7-6-8-24(29)36)13-26-40-27(44-43-26)14-21-10-12-39-30(18(2)3)32(21)47(34(23)41-31)35(49)42-33/h5-8,10,12,15,18-19,22,26H,1,9,13-14,16-17H2,2-4H3. The van der Waals surface area contributed by atoms with Crippen LogP contribution in [0.25, 0.3) is 28.0 Å². The number of amidine groups is 1. The van der Waals surface area contributed by atoms with Crippen molar-refractivity contribution >= 4 is 28.6 Å². The minimum atomic E-state index is -0.823. The predicted molar refractivity (Wildman–Crippen MR) is 179 cm³/mol. The molecule has 0 N–H and O–H groups in total. The van der Waals surface area contributed by atoms with Crippen molar-refractivity contribution < 1.29 is 13.6 Å². The Balaban J connectivity index is 1.56. The molecule has 1 saturated heterocycles. The van der Waals surface area contributed by atoms with Crippen molar-refractivity contribution in [1.29, 1.82) is 5.26 Å². The van der Waals surface area contributed by atoms with Crippen LogP contribution in [0, 0.1) is 23.0 Å². The highest BCUT2D eigenvalue weighted by atomic mass is 19.1. The van der Waals surface area contributed by atoms with E-state index < -0.39 is 29.5 Å². The van der Waals surface area contributed by atoms with E-state index in [1.54, 1.807) is 28.1 Å². The summed E-state index contributed by atoms with van der Waals surface area (Å²) in [5, 5.41) is 18.4. The minimum absolute atomic E-state index is 0.0175. The second kappa shape index (κ2) is 12.4. The zero-order valence-corrected chi connectivity index (χ0v) is 27.1. The quantitative estimate of drug-likeness (QED) is 0.279. The van der Waals surface area contributed by atoms with Gasteiger partial charge in [0.05, 0.1) is 35.3 Å². The number of rotatable bonds is 4. The number of anilines is 1. The Labute approximate surface area is 280 Å². The Morgan fingerprint density at radius 2 is 1.98 bits per heavy atom. The first kappa shape index (κ1) is 31.9. The molecule has 49 heavy (non-hydrogen) atoms. The molecule has 248 valence electrons. The van der Waals surface area contributed by atoms with Crippen molar-refractivity contribution in [1.82, 2.24) is 24.4 Å². The predicted octanol–water partition coefficient (Wildman–Crippen LogP) is 5.04. The highest BCUT2D eigenvalue weighted by Crippen LogP contribution is 2.37. The molecular formula is C35H32F2N10O2. The number of pyridine rings is 2. The normalized spacial score (nSPS) is 19.9. The van der Waals surface area contributed by atoms with E-state index in [0.29, 0.717) is 28.3 Å². The minimum Gasteiger partial charge on any atom is -0.349 e. The molecule has 4 bridgehead atoms. The van der Waals surface area contributed by atoms with Gasteiger partial charge in [-0.05, 0) is 48.2 Å². The van der Waals surface area contributed by atoms with Crippen LogP contribution >= 0.6 is 0 Å². The third kappa shape index (κ3) is 5.44. The van der Waals surface area contributed by atoms with Crippen molar-refractivity contribution in [2.45, 2.75) is 64.2 Å². The molecule has 0 spiro atoms. The van der Waals surface area contributed by atoms with Crippen LogP contribution in [0.1, 0.15) is 49.9 Å². The second-order valence-corrected chi connectivity index (χ2v) is 12.7. The van der Waals surface area contributed by atoms with E-state index in [2.05, 4.69) is 37.8 Å². The third-order valence-electron chi connectivity index (χ3n) is 9.20. The summed E-state index contributed by atoms with van der Waals surface area (Å²) < 4.78 is 33.6. The second-order valence-electron chi connectivity index (χ2n) is 12.7. The SMILES string of the molecule is C=CC(=O)N1CC(C)N(c2nc(=O)n3c4nc(c(F)cc24)-c2c(F)cccc2CC2N=NC(=N2)Cc2ccnc(C(C)C)c2-3)CC1CC#N. The highest BCUT2D eigenvalue weighted by Gasteiger charge is 2.36. The fourth-order valence-corrected chi connectivity index (χ4v) is 6.93. The number of carbonyl (C=O) groups excluding carboxylic acids is 1. The number of nitrogens with zero attached hydrogens (tertiary/aromatic N) is 10. The lowest BCUT2D eigenvalue weighted by molar-refractivity contribution is -0.129. The number of hydrogen-bond donors (Lipinski definition) is 0. The summed E-state index contributed by atoms with van der Waals surface area (Å²) in [6.07, 6.45) is 2.58. The number of carbonyl (C=O) groups is 1. The number of halogens is 2. The van der Waals surface area contributed by atoms with Gasteiger partial charge in [0.15, 0.2) is 17.6 Å². The highest BCUT2D eigenvalue weighted by molar-refractivity contribution is 5.92. The maximum atomic E-state index is 16.5. The third-order valence-corrected chi connectivity index (χ3v) is 9.20. The van der Waals surface area contributed by atoms with Crippen molar-refractivity contribution in [2.24, 2.45) is 15.2 Å². The van der Waals surface area contributed by atoms with E-state index in [1.807, 2.05) is 20.8 Å². The molecule has 3 aliphatic heterocycles. The number of piperazine rings is 1. The molecule has 0 saturated carbocycles. The molecule has 3 aliphatic rings. The number of aliphatic imine (C=N–C) groups is 1. The zero-order chi connectivity index (χ0) is 34.6. The Morgan fingerprint density at radius 1 is 1.16 bits per heavy atom. The monoisotopic (exact) mass is 662 g/mol. The number of nitriles is 1. The van der Waals surface area contributed by atoms with Crippen LogP contribution in [-0.2, 0) is 17.6 Å². The first-order chi connectivity index (χ1) is 23.6. The van der Waals surface area contributed by atoms with Crippen LogP contribution in [0.4, 0.5) is 14.6 Å². The fraction of sp³-hybridized carbons (Fsp3) is 0.343. The van der Waals surface area contributed by atoms with E-state index in [0.717, 1.165) is 0 Å². The Bertz CT molecular complexity index is 2210. The van der Waals surface area contributed by atoms with Gasteiger partial charge in [0, 0.05) is 43.7 Å². The van der Waals surface area contributed by atoms with Gasteiger partial charge in [0.2, 0.25) is 5.91 Å². The maximum Gasteiger partial charge on any atom is 0.355 e. The molecule has 1 amide bonds. The molecule has 0 radical (unpaired) electrons. The topological polar surface area (TPSA) is 145 Å². The van der Waals surface area contributed by atoms with Crippen LogP contribution in [0.15, 0.2) is 69.2 Å². The number of hydrogen-bond acceptors (Lipinski definition) is 10. The molecule has 7 rings (SSSR count). The van der Waals surface area contributed by atoms with Gasteiger partial charge in [-0.1, -0.05) is 32.6 Å². The Hall–Kier alpha value is -5.71. The lowest BCUT2D eigenvalue weighted by Gasteiger charge is -2.45. The smallest absolute Gasteiger partial charge is 0.349 e. The summed E-state index contributed by atoms with van der Waals surface area (Å²) in [5.74, 6) is -1.43. The molecule has 14 heteroatoms. The Morgan fingerprint density at radius 3 is 2.73 bits per heavy atom. The zero-order valence-electron chi connectivity index (χ0n) is 27.1. The summed E-state index contributed by atoms with van der Waals surface area (Å²) in [4.78, 5) is 49.2. The summed E-state index contributed by atoms with van der Waals surface area (Å²) in [6, 6.07) is 8.63. The average molecular weight is 663 g/mol. The summed E-state index contributed by atoms with van der Waals surface area (Å²) in [7, 11) is 0. The summed E-state index contributed by atoms with van der Waals surface area (Å²) in [6.45, 7) is 9.67. The van der Waals surface area contributed by atoms with Gasteiger partial charge >= 0.3 is 5.69 Å². The molecular weight excluding hydrogens is 630 g/mol. The fourth-order valence-electron chi connectivity index (χ4n) is 6.93. The molecule has 1 aromatic carbocycles. The van der Waals surface area contributed by atoms with Gasteiger partial charge in [-0.25, -0.2) is 28.1 Å². The van der Waals surface area contributed by atoms with Crippen LogP contribution in [0.2, 0.25) is 0 Å².